The average Bonchev–Trinajstić information content (AvgIpc) is 3.04. The van der Waals surface area contributed by atoms with E-state index in [1.165, 1.54) is 6.07 Å². The third-order valence-corrected chi connectivity index (χ3v) is 4.82. The number of nitro groups is 1. The van der Waals surface area contributed by atoms with Gasteiger partial charge < -0.3 is 4.74 Å². The second-order valence-electron chi connectivity index (χ2n) is 6.56. The number of nitrogens with zero attached hydrogens (tertiary/aromatic N) is 2. The van der Waals surface area contributed by atoms with Gasteiger partial charge in [-0.2, -0.15) is 0 Å². The number of aliphatic imine (C=N–C) groups is 1. The number of ether oxygens (including phenoxy) is 1. The maximum atomic E-state index is 12.4. The van der Waals surface area contributed by atoms with Gasteiger partial charge in [-0.05, 0) is 47.9 Å². The van der Waals surface area contributed by atoms with E-state index in [0.717, 1.165) is 21.9 Å². The Morgan fingerprint density at radius 2 is 1.75 bits per heavy atom. The number of hydrogen-bond acceptors (Lipinski definition) is 5. The Bertz CT molecular complexity index is 1210. The average molecular weight is 372 g/mol. The van der Waals surface area contributed by atoms with E-state index in [1.807, 2.05) is 43.3 Å². The Kier molecular flexibility index (Phi) is 4.24. The molecule has 1 heterocycles. The van der Waals surface area contributed by atoms with Gasteiger partial charge in [0.05, 0.1) is 4.92 Å². The van der Waals surface area contributed by atoms with E-state index in [4.69, 9.17) is 4.74 Å². The first-order valence-corrected chi connectivity index (χ1v) is 8.71. The van der Waals surface area contributed by atoms with Gasteiger partial charge in [0.25, 0.3) is 5.69 Å². The predicted molar refractivity (Wildman–Crippen MR) is 107 cm³/mol. The summed E-state index contributed by atoms with van der Waals surface area (Å²) in [7, 11) is 0. The number of esters is 1. The number of hydrogen-bond donors (Lipinski definition) is 0. The lowest BCUT2D eigenvalue weighted by Crippen LogP contribution is -2.08. The molecule has 0 saturated carbocycles. The molecule has 1 aliphatic rings. The third kappa shape index (κ3) is 2.95. The molecular formula is C22H16N2O4. The number of rotatable bonds is 3. The lowest BCUT2D eigenvalue weighted by molar-refractivity contribution is -0.385. The van der Waals surface area contributed by atoms with Crippen LogP contribution in [0.1, 0.15) is 22.3 Å². The van der Waals surface area contributed by atoms with Gasteiger partial charge in [0, 0.05) is 17.2 Å². The van der Waals surface area contributed by atoms with E-state index in [1.54, 1.807) is 25.1 Å². The third-order valence-electron chi connectivity index (χ3n) is 4.82. The summed E-state index contributed by atoms with van der Waals surface area (Å²) >= 11 is 0. The normalized spacial score (nSPS) is 15.0. The fraction of sp³-hybridized carbons (Fsp3) is 0.0909. The Labute approximate surface area is 160 Å². The van der Waals surface area contributed by atoms with Crippen molar-refractivity contribution in [1.82, 2.24) is 0 Å². The Morgan fingerprint density at radius 3 is 2.50 bits per heavy atom. The number of fused-ring (bicyclic) bond motifs is 1. The highest BCUT2D eigenvalue weighted by atomic mass is 16.6. The Morgan fingerprint density at radius 1 is 1.00 bits per heavy atom. The summed E-state index contributed by atoms with van der Waals surface area (Å²) < 4.78 is 5.30. The molecule has 0 aromatic heterocycles. The van der Waals surface area contributed by atoms with Crippen molar-refractivity contribution >= 4 is 34.4 Å². The highest BCUT2D eigenvalue weighted by Crippen LogP contribution is 2.28. The van der Waals surface area contributed by atoms with Crippen molar-refractivity contribution in [3.8, 4) is 0 Å². The molecule has 0 saturated heterocycles. The van der Waals surface area contributed by atoms with Gasteiger partial charge in [-0.1, -0.05) is 42.5 Å². The summed E-state index contributed by atoms with van der Waals surface area (Å²) in [6, 6.07) is 16.5. The molecule has 0 radical (unpaired) electrons. The van der Waals surface area contributed by atoms with Crippen LogP contribution in [0.25, 0.3) is 16.8 Å². The maximum Gasteiger partial charge on any atom is 0.363 e. The van der Waals surface area contributed by atoms with E-state index in [-0.39, 0.29) is 17.3 Å². The molecule has 0 amide bonds. The van der Waals surface area contributed by atoms with Crippen molar-refractivity contribution in [3.05, 3.63) is 92.7 Å². The molecule has 0 spiro atoms. The van der Waals surface area contributed by atoms with Crippen molar-refractivity contribution in [2.75, 3.05) is 0 Å². The zero-order valence-electron chi connectivity index (χ0n) is 15.3. The molecule has 0 atom stereocenters. The second-order valence-corrected chi connectivity index (χ2v) is 6.56. The highest BCUT2D eigenvalue weighted by molar-refractivity contribution is 6.14. The van der Waals surface area contributed by atoms with E-state index in [9.17, 15) is 14.9 Å². The SMILES string of the molecule is Cc1c(C2=N/C(=C\c3ccc(C)c4ccccc34)C(=O)O2)cccc1[N+](=O)[O-]. The molecule has 0 fully saturated rings. The van der Waals surface area contributed by atoms with Crippen LogP contribution in [0.15, 0.2) is 65.3 Å². The molecule has 6 nitrogen and oxygen atoms in total. The minimum Gasteiger partial charge on any atom is -0.402 e. The quantitative estimate of drug-likeness (QED) is 0.289. The fourth-order valence-electron chi connectivity index (χ4n) is 3.32. The van der Waals surface area contributed by atoms with Crippen molar-refractivity contribution in [1.29, 1.82) is 0 Å². The largest absolute Gasteiger partial charge is 0.402 e. The van der Waals surface area contributed by atoms with Gasteiger partial charge >= 0.3 is 5.97 Å². The number of benzene rings is 3. The lowest BCUT2D eigenvalue weighted by Gasteiger charge is -2.05. The minimum absolute atomic E-state index is 0.0433. The minimum atomic E-state index is -0.578. The summed E-state index contributed by atoms with van der Waals surface area (Å²) in [4.78, 5) is 27.4. The van der Waals surface area contributed by atoms with Gasteiger partial charge in [0.15, 0.2) is 5.70 Å². The monoisotopic (exact) mass is 372 g/mol. The summed E-state index contributed by atoms with van der Waals surface area (Å²) in [5.74, 6) is -0.501. The van der Waals surface area contributed by atoms with Crippen LogP contribution < -0.4 is 0 Å². The van der Waals surface area contributed by atoms with Gasteiger partial charge in [-0.15, -0.1) is 0 Å². The van der Waals surface area contributed by atoms with Crippen molar-refractivity contribution in [3.63, 3.8) is 0 Å². The molecule has 0 N–H and O–H groups in total. The molecule has 28 heavy (non-hydrogen) atoms. The second kappa shape index (κ2) is 6.74. The molecule has 1 aliphatic heterocycles. The van der Waals surface area contributed by atoms with Gasteiger partial charge in [0.1, 0.15) is 0 Å². The van der Waals surface area contributed by atoms with Crippen LogP contribution in [0.3, 0.4) is 0 Å². The molecule has 0 bridgehead atoms. The van der Waals surface area contributed by atoms with Crippen LogP contribution in [-0.2, 0) is 9.53 Å². The lowest BCUT2D eigenvalue weighted by atomic mass is 10.00. The van der Waals surface area contributed by atoms with E-state index in [0.29, 0.717) is 11.1 Å². The maximum absolute atomic E-state index is 12.4. The van der Waals surface area contributed by atoms with Crippen LogP contribution in [-0.4, -0.2) is 16.8 Å². The molecule has 3 aromatic rings. The van der Waals surface area contributed by atoms with Crippen LogP contribution in [0.5, 0.6) is 0 Å². The molecule has 0 aliphatic carbocycles. The molecule has 6 heteroatoms. The summed E-state index contributed by atoms with van der Waals surface area (Å²) in [5, 5.41) is 13.3. The van der Waals surface area contributed by atoms with Gasteiger partial charge in [0.2, 0.25) is 5.90 Å². The number of cyclic esters (lactones) is 1. The first kappa shape index (κ1) is 17.6. The summed E-state index contributed by atoms with van der Waals surface area (Å²) in [5.41, 5.74) is 2.95. The predicted octanol–water partition coefficient (Wildman–Crippen LogP) is 4.71. The van der Waals surface area contributed by atoms with Crippen LogP contribution in [0.2, 0.25) is 0 Å². The van der Waals surface area contributed by atoms with E-state index >= 15 is 0 Å². The topological polar surface area (TPSA) is 81.8 Å². The zero-order valence-corrected chi connectivity index (χ0v) is 15.3. The van der Waals surface area contributed by atoms with E-state index < -0.39 is 10.9 Å². The Hall–Kier alpha value is -3.80. The molecular weight excluding hydrogens is 356 g/mol. The van der Waals surface area contributed by atoms with Crippen LogP contribution in [0, 0.1) is 24.0 Å². The van der Waals surface area contributed by atoms with E-state index in [2.05, 4.69) is 4.99 Å². The standard InChI is InChI=1S/C22H16N2O4/c1-13-10-11-15(18-7-4-3-6-16(13)18)12-19-22(25)28-21(23-19)17-8-5-9-20(14(17)2)24(26)27/h3-12H,1-2H3/b19-12-. The van der Waals surface area contributed by atoms with Crippen molar-refractivity contribution in [2.45, 2.75) is 13.8 Å². The highest BCUT2D eigenvalue weighted by Gasteiger charge is 2.27. The zero-order chi connectivity index (χ0) is 19.8. The van der Waals surface area contributed by atoms with Crippen LogP contribution in [0.4, 0.5) is 5.69 Å². The molecule has 138 valence electrons. The van der Waals surface area contributed by atoms with Gasteiger partial charge in [-0.3, -0.25) is 10.1 Å². The van der Waals surface area contributed by atoms with Crippen molar-refractivity contribution < 1.29 is 14.5 Å². The first-order valence-electron chi connectivity index (χ1n) is 8.71. The number of aryl methyl sites for hydroxylation is 1. The summed E-state index contributed by atoms with van der Waals surface area (Å²) in [6.07, 6.45) is 1.68. The van der Waals surface area contributed by atoms with Crippen molar-refractivity contribution in [2.24, 2.45) is 4.99 Å². The molecule has 0 unspecified atom stereocenters. The summed E-state index contributed by atoms with van der Waals surface area (Å²) in [6.45, 7) is 3.64. The molecule has 3 aromatic carbocycles. The van der Waals surface area contributed by atoms with Crippen LogP contribution >= 0.6 is 0 Å². The number of carbonyl (C=O) groups is 1. The number of nitro benzene ring substituents is 1. The molecule has 4 rings (SSSR count). The van der Waals surface area contributed by atoms with Gasteiger partial charge in [-0.25, -0.2) is 9.79 Å². The smallest absolute Gasteiger partial charge is 0.363 e. The fourth-order valence-corrected chi connectivity index (χ4v) is 3.32. The number of carbonyl (C=O) groups excluding carboxylic acids is 1. The Balaban J connectivity index is 1.80. The first-order chi connectivity index (χ1) is 13.5.